The molecule has 4 aromatic rings. The fourth-order valence-electron chi connectivity index (χ4n) is 4.63. The first kappa shape index (κ1) is 25.6. The summed E-state index contributed by atoms with van der Waals surface area (Å²) in [6.07, 6.45) is 1.13. The first-order chi connectivity index (χ1) is 18.5. The number of ether oxygens (including phenoxy) is 1. The van der Waals surface area contributed by atoms with Crippen LogP contribution in [0.3, 0.4) is 0 Å². The first-order valence-electron chi connectivity index (χ1n) is 12.7. The monoisotopic (exact) mass is 526 g/mol. The minimum absolute atomic E-state index is 0.259. The molecule has 5 rings (SSSR count). The van der Waals surface area contributed by atoms with Crippen LogP contribution in [0.25, 0.3) is 22.4 Å². The van der Waals surface area contributed by atoms with E-state index in [0.717, 1.165) is 33.5 Å². The third-order valence-electron chi connectivity index (χ3n) is 6.71. The number of thiazole rings is 1. The summed E-state index contributed by atoms with van der Waals surface area (Å²) in [6, 6.07) is 25.2. The third kappa shape index (κ3) is 5.61. The van der Waals surface area contributed by atoms with Crippen LogP contribution < -0.4 is 11.1 Å². The van der Waals surface area contributed by atoms with E-state index < -0.39 is 12.1 Å². The van der Waals surface area contributed by atoms with Gasteiger partial charge in [0.2, 0.25) is 5.91 Å². The van der Waals surface area contributed by atoms with E-state index >= 15 is 0 Å². The second-order valence-corrected chi connectivity index (χ2v) is 10.2. The molecule has 0 spiro atoms. The first-order valence-corrected chi connectivity index (χ1v) is 13.6. The van der Waals surface area contributed by atoms with E-state index in [-0.39, 0.29) is 12.0 Å². The van der Waals surface area contributed by atoms with Crippen LogP contribution in [-0.2, 0) is 9.53 Å². The highest BCUT2D eigenvalue weighted by Crippen LogP contribution is 2.45. The summed E-state index contributed by atoms with van der Waals surface area (Å²) in [5.74, 6) is -0.259. The molecule has 0 saturated heterocycles. The van der Waals surface area contributed by atoms with E-state index in [0.29, 0.717) is 30.9 Å². The van der Waals surface area contributed by atoms with E-state index in [9.17, 15) is 9.59 Å². The molecule has 7 nitrogen and oxygen atoms in total. The zero-order chi connectivity index (χ0) is 26.5. The van der Waals surface area contributed by atoms with E-state index in [1.807, 2.05) is 72.1 Å². The molecule has 3 N–H and O–H groups in total. The molecule has 1 atom stereocenters. The Bertz CT molecular complexity index is 1380. The number of aromatic nitrogens is 1. The normalized spacial score (nSPS) is 12.9. The predicted molar refractivity (Wildman–Crippen MR) is 151 cm³/mol. The van der Waals surface area contributed by atoms with Gasteiger partial charge in [0.15, 0.2) is 11.2 Å². The summed E-state index contributed by atoms with van der Waals surface area (Å²) in [5.41, 5.74) is 12.1. The van der Waals surface area contributed by atoms with Crippen molar-refractivity contribution < 1.29 is 14.3 Å². The number of hydrogen-bond donors (Lipinski definition) is 2. The van der Waals surface area contributed by atoms with Crippen LogP contribution in [0.2, 0.25) is 0 Å². The topological polar surface area (TPSA) is 97.5 Å². The Morgan fingerprint density at radius 2 is 1.61 bits per heavy atom. The minimum Gasteiger partial charge on any atom is -0.436 e. The van der Waals surface area contributed by atoms with Gasteiger partial charge >= 0.3 is 6.09 Å². The molecule has 1 heterocycles. The van der Waals surface area contributed by atoms with Crippen molar-refractivity contribution in [3.05, 3.63) is 95.4 Å². The lowest BCUT2D eigenvalue weighted by Crippen LogP contribution is -2.35. The summed E-state index contributed by atoms with van der Waals surface area (Å²) in [5, 5.41) is 5.26. The van der Waals surface area contributed by atoms with Crippen molar-refractivity contribution in [2.75, 3.05) is 18.9 Å². The van der Waals surface area contributed by atoms with E-state index in [4.69, 9.17) is 10.5 Å². The molecule has 0 saturated carbocycles. The molecule has 3 aromatic carbocycles. The number of rotatable bonds is 9. The van der Waals surface area contributed by atoms with Crippen LogP contribution in [0.4, 0.5) is 9.93 Å². The van der Waals surface area contributed by atoms with Gasteiger partial charge < -0.3 is 20.7 Å². The molecule has 0 bridgehead atoms. The van der Waals surface area contributed by atoms with Gasteiger partial charge in [0.25, 0.3) is 0 Å². The van der Waals surface area contributed by atoms with E-state index in [1.54, 1.807) is 11.9 Å². The summed E-state index contributed by atoms with van der Waals surface area (Å²) in [4.78, 5) is 31.5. The zero-order valence-corrected chi connectivity index (χ0v) is 22.0. The molecular formula is C30H30N4O3S. The number of hydrogen-bond acceptors (Lipinski definition) is 6. The Balaban J connectivity index is 1.07. The SMILES string of the molecule is CN(CCCC[C@H](N)C(=O)Nc1nc(-c2ccccc2)cs1)C(=O)OC1c2ccccc2-c2ccccc21. The highest BCUT2D eigenvalue weighted by atomic mass is 32.1. The minimum atomic E-state index is -0.650. The Kier molecular flexibility index (Phi) is 7.81. The number of nitrogens with one attached hydrogen (secondary N) is 1. The second-order valence-electron chi connectivity index (χ2n) is 9.36. The van der Waals surface area contributed by atoms with Crippen molar-refractivity contribution in [2.24, 2.45) is 5.73 Å². The maximum atomic E-state index is 12.9. The quantitative estimate of drug-likeness (QED) is 0.258. The molecule has 194 valence electrons. The number of nitrogens with zero attached hydrogens (tertiary/aromatic N) is 2. The predicted octanol–water partition coefficient (Wildman–Crippen LogP) is 6.08. The average Bonchev–Trinajstić information content (AvgIpc) is 3.54. The number of nitrogens with two attached hydrogens (primary N) is 1. The van der Waals surface area contributed by atoms with E-state index in [1.165, 1.54) is 11.3 Å². The lowest BCUT2D eigenvalue weighted by atomic mass is 10.1. The molecule has 1 aliphatic rings. The van der Waals surface area contributed by atoms with E-state index in [2.05, 4.69) is 22.4 Å². The number of carbonyl (C=O) groups is 2. The van der Waals surface area contributed by atoms with Gasteiger partial charge in [-0.05, 0) is 30.4 Å². The van der Waals surface area contributed by atoms with Gasteiger partial charge in [-0.3, -0.25) is 4.79 Å². The smallest absolute Gasteiger partial charge is 0.410 e. The van der Waals surface area contributed by atoms with Gasteiger partial charge in [-0.2, -0.15) is 0 Å². The van der Waals surface area contributed by atoms with Gasteiger partial charge in [0.05, 0.1) is 11.7 Å². The maximum Gasteiger partial charge on any atom is 0.410 e. The fourth-order valence-corrected chi connectivity index (χ4v) is 5.36. The van der Waals surface area contributed by atoms with Gasteiger partial charge in [-0.15, -0.1) is 11.3 Å². The number of unbranched alkanes of at least 4 members (excludes halogenated alkanes) is 1. The van der Waals surface area contributed by atoms with Crippen molar-refractivity contribution in [3.8, 4) is 22.4 Å². The molecule has 1 aliphatic carbocycles. The summed E-state index contributed by atoms with van der Waals surface area (Å²) >= 11 is 1.37. The number of anilines is 1. The summed E-state index contributed by atoms with van der Waals surface area (Å²) in [6.45, 7) is 0.510. The summed E-state index contributed by atoms with van der Waals surface area (Å²) in [7, 11) is 1.73. The molecule has 0 aliphatic heterocycles. The Hall–Kier alpha value is -4.01. The van der Waals surface area contributed by atoms with Crippen LogP contribution in [0, 0.1) is 0 Å². The van der Waals surface area contributed by atoms with Crippen molar-refractivity contribution >= 4 is 28.5 Å². The zero-order valence-electron chi connectivity index (χ0n) is 21.2. The van der Waals surface area contributed by atoms with Crippen LogP contribution in [0.15, 0.2) is 84.2 Å². The highest BCUT2D eigenvalue weighted by molar-refractivity contribution is 7.14. The van der Waals surface area contributed by atoms with Gasteiger partial charge in [-0.1, -0.05) is 78.9 Å². The maximum absolute atomic E-state index is 12.9. The lowest BCUT2D eigenvalue weighted by molar-refractivity contribution is -0.117. The van der Waals surface area contributed by atoms with Gasteiger partial charge in [0.1, 0.15) is 0 Å². The van der Waals surface area contributed by atoms with Crippen LogP contribution in [0.1, 0.15) is 36.5 Å². The van der Waals surface area contributed by atoms with Crippen LogP contribution in [0.5, 0.6) is 0 Å². The van der Waals surface area contributed by atoms with Gasteiger partial charge in [-0.25, -0.2) is 9.78 Å². The van der Waals surface area contributed by atoms with Crippen LogP contribution >= 0.6 is 11.3 Å². The Morgan fingerprint density at radius 3 is 2.29 bits per heavy atom. The molecule has 2 amide bonds. The van der Waals surface area contributed by atoms with Crippen LogP contribution in [-0.4, -0.2) is 41.5 Å². The largest absolute Gasteiger partial charge is 0.436 e. The van der Waals surface area contributed by atoms with Crippen molar-refractivity contribution in [3.63, 3.8) is 0 Å². The molecule has 0 radical (unpaired) electrons. The highest BCUT2D eigenvalue weighted by Gasteiger charge is 2.31. The number of carbonyl (C=O) groups excluding carboxylic acids is 2. The molecular weight excluding hydrogens is 496 g/mol. The number of amides is 2. The standard InChI is InChI=1S/C30H30N4O3S/c1-34(30(36)37-27-23-15-7-5-13-21(23)22-14-6-8-16-24(22)27)18-10-9-17-25(31)28(35)33-29-32-26(19-38-29)20-11-3-2-4-12-20/h2-8,11-16,19,25,27H,9-10,17-18,31H2,1H3,(H,32,33,35)/t25-/m0/s1. The summed E-state index contributed by atoms with van der Waals surface area (Å²) < 4.78 is 5.94. The fraction of sp³-hybridized carbons (Fsp3) is 0.233. The van der Waals surface area contributed by atoms with Gasteiger partial charge in [0, 0.05) is 35.7 Å². The molecule has 8 heteroatoms. The Labute approximate surface area is 226 Å². The van der Waals surface area contributed by atoms with Crippen molar-refractivity contribution in [2.45, 2.75) is 31.4 Å². The second kappa shape index (κ2) is 11.6. The Morgan fingerprint density at radius 1 is 0.974 bits per heavy atom. The molecule has 0 unspecified atom stereocenters. The van der Waals surface area contributed by atoms with Crippen molar-refractivity contribution in [1.82, 2.24) is 9.88 Å². The molecule has 1 aromatic heterocycles. The molecule has 0 fully saturated rings. The van der Waals surface area contributed by atoms with Crippen molar-refractivity contribution in [1.29, 1.82) is 0 Å². The molecule has 38 heavy (non-hydrogen) atoms. The number of fused-ring (bicyclic) bond motifs is 3. The third-order valence-corrected chi connectivity index (χ3v) is 7.46. The average molecular weight is 527 g/mol. The lowest BCUT2D eigenvalue weighted by Gasteiger charge is -2.21. The number of benzene rings is 3.